The van der Waals surface area contributed by atoms with Crippen LogP contribution in [0.2, 0.25) is 0 Å². The number of hydrogen-bond acceptors (Lipinski definition) is 0. The number of alkyl halides is 1. The second kappa shape index (κ2) is 4.55. The molecule has 2 aliphatic carbocycles. The van der Waals surface area contributed by atoms with Gasteiger partial charge in [-0.15, -0.1) is 0 Å². The Morgan fingerprint density at radius 1 is 1.00 bits per heavy atom. The van der Waals surface area contributed by atoms with Crippen LogP contribution in [0.4, 0.5) is 4.39 Å². The molecule has 0 saturated heterocycles. The van der Waals surface area contributed by atoms with E-state index in [4.69, 9.17) is 0 Å². The molecular weight excluding hydrogens is 211 g/mol. The maximum Gasteiger partial charge on any atom is 0.0925 e. The van der Waals surface area contributed by atoms with Crippen molar-refractivity contribution in [3.63, 3.8) is 0 Å². The molecule has 0 aromatic rings. The molecule has 1 heteroatoms. The van der Waals surface area contributed by atoms with E-state index in [1.165, 1.54) is 38.5 Å². The zero-order valence-electron chi connectivity index (χ0n) is 12.1. The summed E-state index contributed by atoms with van der Waals surface area (Å²) in [6, 6.07) is 0. The minimum Gasteiger partial charge on any atom is -0.251 e. The van der Waals surface area contributed by atoms with E-state index in [1.54, 1.807) is 0 Å². The van der Waals surface area contributed by atoms with Crippen molar-refractivity contribution < 1.29 is 4.39 Å². The van der Waals surface area contributed by atoms with Gasteiger partial charge in [0.1, 0.15) is 0 Å². The van der Waals surface area contributed by atoms with Crippen LogP contribution >= 0.6 is 0 Å². The third-order valence-corrected chi connectivity index (χ3v) is 5.98. The maximum atomic E-state index is 13.0. The summed E-state index contributed by atoms with van der Waals surface area (Å²) in [7, 11) is 0. The van der Waals surface area contributed by atoms with Gasteiger partial charge in [0.15, 0.2) is 0 Å². The standard InChI is InChI=1S/C16H29F/c1-5-15(6-7-15)14(12(2)3)10-16(8-9-16)13(4)11-17/h12-14H,5-11H2,1-4H3. The summed E-state index contributed by atoms with van der Waals surface area (Å²) < 4.78 is 13.0. The van der Waals surface area contributed by atoms with Gasteiger partial charge < -0.3 is 0 Å². The van der Waals surface area contributed by atoms with Gasteiger partial charge in [-0.25, -0.2) is 0 Å². The van der Waals surface area contributed by atoms with Gasteiger partial charge in [-0.2, -0.15) is 0 Å². The second-order valence-corrected chi connectivity index (χ2v) is 7.19. The lowest BCUT2D eigenvalue weighted by Crippen LogP contribution is -2.28. The van der Waals surface area contributed by atoms with Gasteiger partial charge in [-0.3, -0.25) is 4.39 Å². The fourth-order valence-electron chi connectivity index (χ4n) is 3.97. The first-order valence-electron chi connectivity index (χ1n) is 7.55. The monoisotopic (exact) mass is 240 g/mol. The van der Waals surface area contributed by atoms with Crippen molar-refractivity contribution in [1.82, 2.24) is 0 Å². The van der Waals surface area contributed by atoms with E-state index >= 15 is 0 Å². The maximum absolute atomic E-state index is 13.0. The summed E-state index contributed by atoms with van der Waals surface area (Å²) in [5.74, 6) is 1.89. The third kappa shape index (κ3) is 2.39. The quantitative estimate of drug-likeness (QED) is 0.572. The fraction of sp³-hybridized carbons (Fsp3) is 1.00. The first kappa shape index (κ1) is 13.4. The zero-order chi connectivity index (χ0) is 12.7. The van der Waals surface area contributed by atoms with Crippen LogP contribution in [0.3, 0.4) is 0 Å². The highest BCUT2D eigenvalue weighted by atomic mass is 19.1. The molecule has 2 saturated carbocycles. The van der Waals surface area contributed by atoms with Crippen LogP contribution in [-0.2, 0) is 0 Å². The van der Waals surface area contributed by atoms with Crippen molar-refractivity contribution >= 4 is 0 Å². The summed E-state index contributed by atoms with van der Waals surface area (Å²) >= 11 is 0. The lowest BCUT2D eigenvalue weighted by atomic mass is 9.70. The van der Waals surface area contributed by atoms with E-state index in [0.29, 0.717) is 10.8 Å². The van der Waals surface area contributed by atoms with Gasteiger partial charge in [0.05, 0.1) is 6.67 Å². The van der Waals surface area contributed by atoms with Gasteiger partial charge >= 0.3 is 0 Å². The Bertz CT molecular complexity index is 261. The molecule has 0 heterocycles. The van der Waals surface area contributed by atoms with Crippen LogP contribution in [0.25, 0.3) is 0 Å². The van der Waals surface area contributed by atoms with E-state index < -0.39 is 0 Å². The van der Waals surface area contributed by atoms with Crippen LogP contribution in [0.15, 0.2) is 0 Å². The minimum atomic E-state index is -0.121. The molecule has 100 valence electrons. The highest BCUT2D eigenvalue weighted by molar-refractivity contribution is 5.05. The fourth-order valence-corrected chi connectivity index (χ4v) is 3.97. The Morgan fingerprint density at radius 2 is 1.53 bits per heavy atom. The normalized spacial score (nSPS) is 27.9. The van der Waals surface area contributed by atoms with E-state index in [-0.39, 0.29) is 12.6 Å². The molecule has 0 aromatic heterocycles. The average molecular weight is 240 g/mol. The minimum absolute atomic E-state index is 0.121. The zero-order valence-corrected chi connectivity index (χ0v) is 12.1. The summed E-state index contributed by atoms with van der Waals surface area (Å²) in [4.78, 5) is 0. The Kier molecular flexibility index (Phi) is 3.58. The molecule has 0 bridgehead atoms. The Morgan fingerprint density at radius 3 is 1.82 bits per heavy atom. The molecule has 2 fully saturated rings. The molecule has 2 atom stereocenters. The van der Waals surface area contributed by atoms with Crippen molar-refractivity contribution in [2.75, 3.05) is 6.67 Å². The number of hydrogen-bond donors (Lipinski definition) is 0. The summed E-state index contributed by atoms with van der Waals surface area (Å²) in [6.07, 6.45) is 8.03. The Hall–Kier alpha value is -0.0700. The van der Waals surface area contributed by atoms with Gasteiger partial charge in [0, 0.05) is 0 Å². The summed E-state index contributed by atoms with van der Waals surface area (Å²) in [5.41, 5.74) is 1.02. The van der Waals surface area contributed by atoms with Crippen LogP contribution in [0.1, 0.15) is 66.2 Å². The van der Waals surface area contributed by atoms with E-state index in [9.17, 15) is 4.39 Å². The molecule has 0 aromatic carbocycles. The van der Waals surface area contributed by atoms with Gasteiger partial charge in [0.25, 0.3) is 0 Å². The van der Waals surface area contributed by atoms with Crippen LogP contribution in [0, 0.1) is 28.6 Å². The second-order valence-electron chi connectivity index (χ2n) is 7.19. The molecule has 0 N–H and O–H groups in total. The highest BCUT2D eigenvalue weighted by Crippen LogP contribution is 2.65. The van der Waals surface area contributed by atoms with Crippen molar-refractivity contribution in [3.8, 4) is 0 Å². The van der Waals surface area contributed by atoms with E-state index in [0.717, 1.165) is 11.8 Å². The summed E-state index contributed by atoms with van der Waals surface area (Å²) in [5, 5.41) is 0. The van der Waals surface area contributed by atoms with Gasteiger partial charge in [-0.05, 0) is 60.7 Å². The predicted molar refractivity (Wildman–Crippen MR) is 71.7 cm³/mol. The number of halogens is 1. The van der Waals surface area contributed by atoms with Gasteiger partial charge in [-0.1, -0.05) is 34.1 Å². The lowest BCUT2D eigenvalue weighted by Gasteiger charge is -2.35. The number of rotatable bonds is 7. The molecule has 0 amide bonds. The lowest BCUT2D eigenvalue weighted by molar-refractivity contribution is 0.132. The Balaban J connectivity index is 2.04. The van der Waals surface area contributed by atoms with Crippen molar-refractivity contribution in [2.45, 2.75) is 66.2 Å². The van der Waals surface area contributed by atoms with Crippen molar-refractivity contribution in [2.24, 2.45) is 28.6 Å². The first-order chi connectivity index (χ1) is 7.99. The van der Waals surface area contributed by atoms with Crippen LogP contribution in [-0.4, -0.2) is 6.67 Å². The third-order valence-electron chi connectivity index (χ3n) is 5.98. The van der Waals surface area contributed by atoms with Crippen molar-refractivity contribution in [3.05, 3.63) is 0 Å². The molecular formula is C16H29F. The SMILES string of the molecule is CCC1(C(CC2(C(C)CF)CC2)C(C)C)CC1. The van der Waals surface area contributed by atoms with E-state index in [1.807, 2.05) is 0 Å². The molecule has 2 unspecified atom stereocenters. The first-order valence-corrected chi connectivity index (χ1v) is 7.55. The molecule has 2 aliphatic rings. The molecule has 0 spiro atoms. The molecule has 0 aliphatic heterocycles. The molecule has 17 heavy (non-hydrogen) atoms. The molecule has 0 nitrogen and oxygen atoms in total. The van der Waals surface area contributed by atoms with Crippen LogP contribution < -0.4 is 0 Å². The average Bonchev–Trinajstić information content (AvgIpc) is 3.19. The largest absolute Gasteiger partial charge is 0.251 e. The topological polar surface area (TPSA) is 0 Å². The smallest absolute Gasteiger partial charge is 0.0925 e. The van der Waals surface area contributed by atoms with Crippen molar-refractivity contribution in [1.29, 1.82) is 0 Å². The van der Waals surface area contributed by atoms with Gasteiger partial charge in [0.2, 0.25) is 0 Å². The highest BCUT2D eigenvalue weighted by Gasteiger charge is 2.55. The summed E-state index contributed by atoms with van der Waals surface area (Å²) in [6.45, 7) is 9.09. The van der Waals surface area contributed by atoms with E-state index in [2.05, 4.69) is 27.7 Å². The Labute approximate surface area is 106 Å². The predicted octanol–water partition coefficient (Wildman–Crippen LogP) is 5.22. The van der Waals surface area contributed by atoms with Crippen LogP contribution in [0.5, 0.6) is 0 Å². The molecule has 0 radical (unpaired) electrons. The molecule has 2 rings (SSSR count).